The molecule has 0 aromatic carbocycles. The molecule has 0 saturated heterocycles. The molecule has 414 valence electrons. The predicted octanol–water partition coefficient (Wildman–Crippen LogP) is 17.9. The SMILES string of the molecule is CCCCCCCCCCCCCCCCC/C=C/CC/C=C/CC/C=C/C(O)C(COP(=O)([O-])OCC[N+](C)(C)C)NC(=O)CCCCCCCCCCCCCCCCCCCCCCCCC. The molecule has 0 aliphatic heterocycles. The van der Waals surface area contributed by atoms with E-state index in [0.717, 1.165) is 44.9 Å². The summed E-state index contributed by atoms with van der Waals surface area (Å²) in [5, 5.41) is 13.9. The number of carbonyl (C=O) groups excluding carboxylic acids is 1. The van der Waals surface area contributed by atoms with Gasteiger partial charge in [-0.3, -0.25) is 9.36 Å². The molecule has 0 fully saturated rings. The number of aliphatic hydroxyl groups is 1. The summed E-state index contributed by atoms with van der Waals surface area (Å²) in [4.78, 5) is 25.5. The van der Waals surface area contributed by atoms with Crippen LogP contribution < -0.4 is 10.2 Å². The Kier molecular flexibility index (Phi) is 51.6. The molecule has 70 heavy (non-hydrogen) atoms. The first-order valence-electron chi connectivity index (χ1n) is 30.4. The summed E-state index contributed by atoms with van der Waals surface area (Å²) in [7, 11) is 1.25. The van der Waals surface area contributed by atoms with Gasteiger partial charge in [0, 0.05) is 6.42 Å². The number of quaternary nitrogens is 1. The van der Waals surface area contributed by atoms with E-state index in [9.17, 15) is 19.4 Å². The molecule has 0 aliphatic carbocycles. The van der Waals surface area contributed by atoms with Crippen LogP contribution in [-0.2, 0) is 18.4 Å². The molecule has 0 bridgehead atoms. The number of carbonyl (C=O) groups is 1. The number of hydrogen-bond acceptors (Lipinski definition) is 6. The molecule has 0 spiro atoms. The standard InChI is InChI=1S/C61H119N2O6P/c1-6-8-10-12-14-16-18-20-22-24-26-28-30-31-33-34-36-38-40-42-44-46-48-50-52-54-60(64)59(58-69-70(66,67)68-57-56-63(3,4)5)62-61(65)55-53-51-49-47-45-43-41-39-37-35-32-29-27-25-23-21-19-17-15-13-11-9-7-2/h36,38,44,46,52,54,59-60,64H,6-35,37,39-43,45,47-51,53,55-58H2,1-5H3,(H-,62,65,66,67)/b38-36+,46-44+,54-52+. The molecule has 0 aliphatic rings. The summed E-state index contributed by atoms with van der Waals surface area (Å²) in [6, 6.07) is -0.908. The molecule has 3 atom stereocenters. The lowest BCUT2D eigenvalue weighted by Crippen LogP contribution is -2.45. The van der Waals surface area contributed by atoms with E-state index in [4.69, 9.17) is 9.05 Å². The lowest BCUT2D eigenvalue weighted by Gasteiger charge is -2.29. The molecule has 0 radical (unpaired) electrons. The first-order chi connectivity index (χ1) is 34.0. The fourth-order valence-corrected chi connectivity index (χ4v) is 9.79. The summed E-state index contributed by atoms with van der Waals surface area (Å²) in [6.45, 7) is 4.67. The number of hydrogen-bond donors (Lipinski definition) is 2. The fourth-order valence-electron chi connectivity index (χ4n) is 9.07. The highest BCUT2D eigenvalue weighted by Gasteiger charge is 2.23. The number of phosphoric acid groups is 1. The number of amides is 1. The average molecular weight is 1010 g/mol. The minimum absolute atomic E-state index is 0.00728. The highest BCUT2D eigenvalue weighted by molar-refractivity contribution is 7.45. The van der Waals surface area contributed by atoms with Crippen molar-refractivity contribution in [3.05, 3.63) is 36.5 Å². The van der Waals surface area contributed by atoms with Gasteiger partial charge in [0.1, 0.15) is 13.2 Å². The van der Waals surface area contributed by atoms with Gasteiger partial charge in [-0.05, 0) is 44.9 Å². The van der Waals surface area contributed by atoms with Gasteiger partial charge < -0.3 is 28.8 Å². The van der Waals surface area contributed by atoms with Gasteiger partial charge in [-0.25, -0.2) is 0 Å². The average Bonchev–Trinajstić information content (AvgIpc) is 3.32. The van der Waals surface area contributed by atoms with E-state index in [0.29, 0.717) is 17.4 Å². The smallest absolute Gasteiger partial charge is 0.268 e. The van der Waals surface area contributed by atoms with Gasteiger partial charge in [0.05, 0.1) is 39.9 Å². The Balaban J connectivity index is 4.23. The molecule has 0 aromatic heterocycles. The number of phosphoric ester groups is 1. The second-order valence-corrected chi connectivity index (χ2v) is 23.5. The van der Waals surface area contributed by atoms with Crippen molar-refractivity contribution in [1.82, 2.24) is 5.32 Å². The zero-order valence-electron chi connectivity index (χ0n) is 47.2. The number of likely N-dealkylation sites (N-methyl/N-ethyl adjacent to an activating group) is 1. The summed E-state index contributed by atoms with van der Waals surface area (Å²) in [6.07, 6.45) is 68.1. The maximum absolute atomic E-state index is 13.0. The van der Waals surface area contributed by atoms with Crippen LogP contribution in [0.4, 0.5) is 0 Å². The van der Waals surface area contributed by atoms with Crippen LogP contribution in [0.15, 0.2) is 36.5 Å². The molecule has 0 aromatic rings. The number of rotatable bonds is 56. The van der Waals surface area contributed by atoms with Crippen LogP contribution in [0.1, 0.15) is 296 Å². The van der Waals surface area contributed by atoms with Crippen LogP contribution in [0.25, 0.3) is 0 Å². The molecule has 1 amide bonds. The van der Waals surface area contributed by atoms with Gasteiger partial charge in [-0.2, -0.15) is 0 Å². The largest absolute Gasteiger partial charge is 0.756 e. The highest BCUT2D eigenvalue weighted by Crippen LogP contribution is 2.38. The topological polar surface area (TPSA) is 108 Å². The molecular formula is C61H119N2O6P. The van der Waals surface area contributed by atoms with Crippen molar-refractivity contribution >= 4 is 13.7 Å². The third-order valence-corrected chi connectivity index (χ3v) is 14.8. The zero-order valence-corrected chi connectivity index (χ0v) is 48.1. The molecule has 9 heteroatoms. The molecule has 8 nitrogen and oxygen atoms in total. The first-order valence-corrected chi connectivity index (χ1v) is 31.8. The van der Waals surface area contributed by atoms with Crippen molar-refractivity contribution in [2.45, 2.75) is 309 Å². The second-order valence-electron chi connectivity index (χ2n) is 22.0. The van der Waals surface area contributed by atoms with Crippen molar-refractivity contribution in [2.24, 2.45) is 0 Å². The van der Waals surface area contributed by atoms with Crippen LogP contribution in [0, 0.1) is 0 Å². The van der Waals surface area contributed by atoms with E-state index >= 15 is 0 Å². The van der Waals surface area contributed by atoms with Crippen molar-refractivity contribution in [3.8, 4) is 0 Å². The third-order valence-electron chi connectivity index (χ3n) is 13.8. The van der Waals surface area contributed by atoms with E-state index in [1.807, 2.05) is 27.2 Å². The van der Waals surface area contributed by atoms with E-state index in [1.165, 1.54) is 231 Å². The Labute approximate surface area is 436 Å². The van der Waals surface area contributed by atoms with E-state index in [2.05, 4.69) is 43.5 Å². The van der Waals surface area contributed by atoms with Crippen LogP contribution in [0.2, 0.25) is 0 Å². The molecule has 0 heterocycles. The lowest BCUT2D eigenvalue weighted by molar-refractivity contribution is -0.870. The van der Waals surface area contributed by atoms with Crippen LogP contribution >= 0.6 is 7.82 Å². The highest BCUT2D eigenvalue weighted by atomic mass is 31.2. The van der Waals surface area contributed by atoms with Crippen molar-refractivity contribution in [2.75, 3.05) is 40.9 Å². The van der Waals surface area contributed by atoms with Crippen LogP contribution in [-0.4, -0.2) is 68.5 Å². The lowest BCUT2D eigenvalue weighted by atomic mass is 10.0. The molecule has 0 rings (SSSR count). The van der Waals surface area contributed by atoms with E-state index in [-0.39, 0.29) is 12.5 Å². The van der Waals surface area contributed by atoms with Crippen LogP contribution in [0.3, 0.4) is 0 Å². The first kappa shape index (κ1) is 68.7. The maximum Gasteiger partial charge on any atom is 0.268 e. The molecule has 2 N–H and O–H groups in total. The van der Waals surface area contributed by atoms with Gasteiger partial charge in [0.25, 0.3) is 7.82 Å². The Hall–Kier alpha value is -1.28. The fraction of sp³-hybridized carbons (Fsp3) is 0.885. The Morgan fingerprint density at radius 3 is 1.16 bits per heavy atom. The Morgan fingerprint density at radius 1 is 0.486 bits per heavy atom. The number of nitrogens with zero attached hydrogens (tertiary/aromatic N) is 1. The summed E-state index contributed by atoms with van der Waals surface area (Å²) in [5.41, 5.74) is 0. The normalized spacial score (nSPS) is 14.1. The van der Waals surface area contributed by atoms with Crippen molar-refractivity contribution in [1.29, 1.82) is 0 Å². The van der Waals surface area contributed by atoms with Gasteiger partial charge in [0.15, 0.2) is 0 Å². The predicted molar refractivity (Wildman–Crippen MR) is 302 cm³/mol. The van der Waals surface area contributed by atoms with Crippen molar-refractivity contribution < 1.29 is 32.9 Å². The number of unbranched alkanes of at least 4 members (excludes halogenated alkanes) is 39. The van der Waals surface area contributed by atoms with Crippen molar-refractivity contribution in [3.63, 3.8) is 0 Å². The second kappa shape index (κ2) is 52.6. The number of allylic oxidation sites excluding steroid dienone is 5. The third kappa shape index (κ3) is 54.5. The maximum atomic E-state index is 13.0. The minimum atomic E-state index is -4.61. The summed E-state index contributed by atoms with van der Waals surface area (Å²) >= 11 is 0. The Bertz CT molecular complexity index is 1230. The molecular weight excluding hydrogens is 888 g/mol. The van der Waals surface area contributed by atoms with Crippen LogP contribution in [0.5, 0.6) is 0 Å². The van der Waals surface area contributed by atoms with E-state index < -0.39 is 26.6 Å². The van der Waals surface area contributed by atoms with Gasteiger partial charge in [-0.15, -0.1) is 0 Å². The van der Waals surface area contributed by atoms with E-state index in [1.54, 1.807) is 6.08 Å². The van der Waals surface area contributed by atoms with Gasteiger partial charge >= 0.3 is 0 Å². The summed E-state index contributed by atoms with van der Waals surface area (Å²) < 4.78 is 23.4. The quantitative estimate of drug-likeness (QED) is 0.0272. The zero-order chi connectivity index (χ0) is 51.3. The monoisotopic (exact) mass is 1010 g/mol. The van der Waals surface area contributed by atoms with Gasteiger partial charge in [0.2, 0.25) is 5.91 Å². The number of nitrogens with one attached hydrogen (secondary N) is 1. The minimum Gasteiger partial charge on any atom is -0.756 e. The summed E-state index contributed by atoms with van der Waals surface area (Å²) in [5.74, 6) is -0.206. The van der Waals surface area contributed by atoms with Gasteiger partial charge in [-0.1, -0.05) is 281 Å². The molecule has 0 saturated carbocycles. The number of aliphatic hydroxyl groups excluding tert-OH is 1. The Morgan fingerprint density at radius 2 is 0.800 bits per heavy atom. The molecule has 3 unspecified atom stereocenters.